The molecular formula is C17H22F4N4O2. The zero-order chi connectivity index (χ0) is 20.0. The second-order valence-electron chi connectivity index (χ2n) is 6.11. The minimum Gasteiger partial charge on any atom is -0.450 e. The highest BCUT2D eigenvalue weighted by Crippen LogP contribution is 2.32. The maximum atomic E-state index is 13.1. The molecule has 3 N–H and O–H groups in total. The lowest BCUT2D eigenvalue weighted by Gasteiger charge is -2.31. The van der Waals surface area contributed by atoms with Crippen LogP contribution in [0.25, 0.3) is 0 Å². The molecule has 1 aromatic carbocycles. The Bertz CT molecular complexity index is 686. The number of rotatable bonds is 4. The lowest BCUT2D eigenvalue weighted by molar-refractivity contribution is -0.138. The minimum absolute atomic E-state index is 0.00188. The van der Waals surface area contributed by atoms with E-state index in [-0.39, 0.29) is 30.2 Å². The van der Waals surface area contributed by atoms with Crippen molar-refractivity contribution >= 4 is 12.1 Å². The molecule has 0 saturated carbocycles. The third kappa shape index (κ3) is 6.00. The van der Waals surface area contributed by atoms with Gasteiger partial charge in [-0.15, -0.1) is 0 Å². The van der Waals surface area contributed by atoms with Crippen molar-refractivity contribution in [3.05, 3.63) is 35.1 Å². The molecule has 0 radical (unpaired) electrons. The standard InChI is InChI=1S/C17H22F4N4O2/c1-2-27-16(26)25-7-5-13(6-8-25)24-15(22)23-10-11-3-4-12(18)9-14(11)17(19,20)21/h3-4,9,13H,2,5-8,10H2,1H3,(H3,22,23,24). The number of nitrogens with zero attached hydrogens (tertiary/aromatic N) is 2. The van der Waals surface area contributed by atoms with E-state index in [0.717, 1.165) is 12.1 Å². The molecule has 1 heterocycles. The SMILES string of the molecule is CCOC(=O)N1CCC(NC(N)=NCc2ccc(F)cc2C(F)(F)F)CC1. The number of hydrogen-bond acceptors (Lipinski definition) is 3. The van der Waals surface area contributed by atoms with Crippen molar-refractivity contribution in [1.82, 2.24) is 10.2 Å². The van der Waals surface area contributed by atoms with Crippen LogP contribution in [0.5, 0.6) is 0 Å². The average Bonchev–Trinajstić information content (AvgIpc) is 2.60. The molecule has 0 aromatic heterocycles. The molecule has 0 spiro atoms. The molecule has 0 aliphatic carbocycles. The molecule has 0 atom stereocenters. The maximum absolute atomic E-state index is 13.1. The van der Waals surface area contributed by atoms with Crippen LogP contribution >= 0.6 is 0 Å². The maximum Gasteiger partial charge on any atom is 0.416 e. The Morgan fingerprint density at radius 3 is 2.63 bits per heavy atom. The van der Waals surface area contributed by atoms with Crippen LogP contribution in [0.1, 0.15) is 30.9 Å². The molecule has 27 heavy (non-hydrogen) atoms. The fourth-order valence-corrected chi connectivity index (χ4v) is 2.80. The number of amides is 1. The molecule has 1 saturated heterocycles. The molecule has 0 unspecified atom stereocenters. The molecule has 1 aromatic rings. The van der Waals surface area contributed by atoms with E-state index in [4.69, 9.17) is 10.5 Å². The van der Waals surface area contributed by atoms with Gasteiger partial charge in [-0.2, -0.15) is 13.2 Å². The number of alkyl halides is 3. The van der Waals surface area contributed by atoms with Crippen molar-refractivity contribution in [3.63, 3.8) is 0 Å². The van der Waals surface area contributed by atoms with Gasteiger partial charge in [-0.1, -0.05) is 6.07 Å². The number of carbonyl (C=O) groups is 1. The Kier molecular flexibility index (Phi) is 6.86. The normalized spacial score (nSPS) is 16.3. The fourth-order valence-electron chi connectivity index (χ4n) is 2.80. The van der Waals surface area contributed by atoms with Gasteiger partial charge in [0.2, 0.25) is 0 Å². The van der Waals surface area contributed by atoms with E-state index >= 15 is 0 Å². The summed E-state index contributed by atoms with van der Waals surface area (Å²) in [6, 6.07) is 2.40. The topological polar surface area (TPSA) is 80.0 Å². The number of benzene rings is 1. The lowest BCUT2D eigenvalue weighted by atomic mass is 10.1. The summed E-state index contributed by atoms with van der Waals surface area (Å²) < 4.78 is 57.0. The van der Waals surface area contributed by atoms with Crippen molar-refractivity contribution in [2.75, 3.05) is 19.7 Å². The Morgan fingerprint density at radius 2 is 2.04 bits per heavy atom. The number of ether oxygens (including phenoxy) is 1. The van der Waals surface area contributed by atoms with E-state index in [1.54, 1.807) is 11.8 Å². The van der Waals surface area contributed by atoms with Crippen LogP contribution < -0.4 is 11.1 Å². The van der Waals surface area contributed by atoms with Crippen LogP contribution in [-0.4, -0.2) is 42.7 Å². The monoisotopic (exact) mass is 390 g/mol. The number of hydrogen-bond donors (Lipinski definition) is 2. The summed E-state index contributed by atoms with van der Waals surface area (Å²) in [4.78, 5) is 17.2. The third-order valence-electron chi connectivity index (χ3n) is 4.17. The second-order valence-corrected chi connectivity index (χ2v) is 6.11. The summed E-state index contributed by atoms with van der Waals surface area (Å²) in [5.74, 6) is -0.962. The van der Waals surface area contributed by atoms with Crippen molar-refractivity contribution < 1.29 is 27.1 Å². The van der Waals surface area contributed by atoms with Crippen molar-refractivity contribution in [3.8, 4) is 0 Å². The Balaban J connectivity index is 1.92. The van der Waals surface area contributed by atoms with Gasteiger partial charge in [0.15, 0.2) is 5.96 Å². The number of likely N-dealkylation sites (tertiary alicyclic amines) is 1. The zero-order valence-corrected chi connectivity index (χ0v) is 14.9. The van der Waals surface area contributed by atoms with Gasteiger partial charge in [-0.3, -0.25) is 0 Å². The van der Waals surface area contributed by atoms with Gasteiger partial charge in [-0.05, 0) is 37.5 Å². The first-order valence-electron chi connectivity index (χ1n) is 8.54. The van der Waals surface area contributed by atoms with Crippen LogP contribution in [0.3, 0.4) is 0 Å². The highest BCUT2D eigenvalue weighted by molar-refractivity contribution is 5.78. The highest BCUT2D eigenvalue weighted by atomic mass is 19.4. The number of nitrogens with two attached hydrogens (primary N) is 1. The van der Waals surface area contributed by atoms with Crippen molar-refractivity contribution in [2.24, 2.45) is 10.7 Å². The summed E-state index contributed by atoms with van der Waals surface area (Å²) in [6.07, 6.45) is -3.82. The predicted molar refractivity (Wildman–Crippen MR) is 91.5 cm³/mol. The van der Waals surface area contributed by atoms with Crippen LogP contribution in [0.4, 0.5) is 22.4 Å². The van der Waals surface area contributed by atoms with Gasteiger partial charge < -0.3 is 20.7 Å². The van der Waals surface area contributed by atoms with E-state index < -0.39 is 17.6 Å². The van der Waals surface area contributed by atoms with Gasteiger partial charge in [0.25, 0.3) is 0 Å². The van der Waals surface area contributed by atoms with E-state index in [2.05, 4.69) is 10.3 Å². The molecule has 150 valence electrons. The first-order valence-corrected chi connectivity index (χ1v) is 8.54. The van der Waals surface area contributed by atoms with E-state index in [9.17, 15) is 22.4 Å². The van der Waals surface area contributed by atoms with E-state index in [0.29, 0.717) is 38.6 Å². The lowest BCUT2D eigenvalue weighted by Crippen LogP contribution is -2.48. The predicted octanol–water partition coefficient (Wildman–Crippen LogP) is 2.87. The minimum atomic E-state index is -4.67. The number of carbonyl (C=O) groups excluding carboxylic acids is 1. The van der Waals surface area contributed by atoms with Crippen LogP contribution in [0.15, 0.2) is 23.2 Å². The largest absolute Gasteiger partial charge is 0.450 e. The number of halogens is 4. The number of aliphatic imine (C=N–C) groups is 1. The number of piperidine rings is 1. The summed E-state index contributed by atoms with van der Waals surface area (Å²) >= 11 is 0. The molecule has 1 amide bonds. The molecule has 1 aliphatic heterocycles. The average molecular weight is 390 g/mol. The summed E-state index contributed by atoms with van der Waals surface area (Å²) in [6.45, 7) is 2.68. The molecule has 1 fully saturated rings. The summed E-state index contributed by atoms with van der Waals surface area (Å²) in [5, 5.41) is 2.94. The van der Waals surface area contributed by atoms with Gasteiger partial charge in [0, 0.05) is 19.1 Å². The van der Waals surface area contributed by atoms with Gasteiger partial charge in [0.1, 0.15) is 5.82 Å². The Morgan fingerprint density at radius 1 is 1.37 bits per heavy atom. The number of guanidine groups is 1. The smallest absolute Gasteiger partial charge is 0.416 e. The first-order chi connectivity index (χ1) is 12.7. The summed E-state index contributed by atoms with van der Waals surface area (Å²) in [5.41, 5.74) is 4.53. The second kappa shape index (κ2) is 8.92. The van der Waals surface area contributed by atoms with Gasteiger partial charge in [-0.25, -0.2) is 14.2 Å². The van der Waals surface area contributed by atoms with Crippen LogP contribution in [0, 0.1) is 5.82 Å². The van der Waals surface area contributed by atoms with Crippen molar-refractivity contribution in [1.29, 1.82) is 0 Å². The molecule has 0 bridgehead atoms. The number of nitrogens with one attached hydrogen (secondary N) is 1. The molecule has 6 nitrogen and oxygen atoms in total. The molecule has 10 heteroatoms. The molecular weight excluding hydrogens is 368 g/mol. The Hall–Kier alpha value is -2.52. The molecule has 2 rings (SSSR count). The fraction of sp³-hybridized carbons (Fsp3) is 0.529. The first kappa shape index (κ1) is 20.8. The quantitative estimate of drug-likeness (QED) is 0.471. The van der Waals surface area contributed by atoms with E-state index in [1.165, 1.54) is 0 Å². The van der Waals surface area contributed by atoms with Crippen LogP contribution in [0.2, 0.25) is 0 Å². The van der Waals surface area contributed by atoms with E-state index in [1.807, 2.05) is 0 Å². The zero-order valence-electron chi connectivity index (χ0n) is 14.9. The van der Waals surface area contributed by atoms with Crippen molar-refractivity contribution in [2.45, 2.75) is 38.5 Å². The van der Waals surface area contributed by atoms with Gasteiger partial charge in [0.05, 0.1) is 18.7 Å². The highest BCUT2D eigenvalue weighted by Gasteiger charge is 2.33. The third-order valence-corrected chi connectivity index (χ3v) is 4.17. The van der Waals surface area contributed by atoms with Crippen LogP contribution in [-0.2, 0) is 17.5 Å². The molecule has 1 aliphatic rings. The van der Waals surface area contributed by atoms with Gasteiger partial charge >= 0.3 is 12.3 Å². The Labute approximate surface area is 154 Å². The summed E-state index contributed by atoms with van der Waals surface area (Å²) in [7, 11) is 0.